The van der Waals surface area contributed by atoms with Crippen LogP contribution in [-0.2, 0) is 34.0 Å². The number of esters is 1. The van der Waals surface area contributed by atoms with Gasteiger partial charge in [-0.1, -0.05) is 18.2 Å². The summed E-state index contributed by atoms with van der Waals surface area (Å²) < 4.78 is 8.12. The number of imidazole rings is 1. The van der Waals surface area contributed by atoms with E-state index >= 15 is 0 Å². The highest BCUT2D eigenvalue weighted by Crippen LogP contribution is 2.14. The molecular weight excluding hydrogens is 384 g/mol. The highest BCUT2D eigenvalue weighted by Gasteiger charge is 2.20. The average Bonchev–Trinajstić information content (AvgIpc) is 3.02. The number of aromatic nitrogens is 3. The van der Waals surface area contributed by atoms with Crippen LogP contribution in [-0.4, -0.2) is 44.0 Å². The van der Waals surface area contributed by atoms with Crippen LogP contribution in [0.4, 0.5) is 0 Å². The molecule has 0 spiro atoms. The zero-order chi connectivity index (χ0) is 21.5. The summed E-state index contributed by atoms with van der Waals surface area (Å²) in [7, 11) is 0. The fourth-order valence-electron chi connectivity index (χ4n) is 3.43. The molecule has 0 N–H and O–H groups in total. The molecule has 30 heavy (non-hydrogen) atoms. The molecule has 8 nitrogen and oxygen atoms in total. The Hall–Kier alpha value is -3.42. The van der Waals surface area contributed by atoms with Gasteiger partial charge in [-0.15, -0.1) is 0 Å². The van der Waals surface area contributed by atoms with Crippen LogP contribution < -0.4 is 5.69 Å². The van der Waals surface area contributed by atoms with Crippen molar-refractivity contribution in [3.63, 3.8) is 0 Å². The maximum absolute atomic E-state index is 13.2. The standard InChI is InChI=1S/C22H26N4O4/c1-3-25-18-9-5-6-10-19(18)26(22(25)29)16-20(27)24(13-11-21(28)30-4-2)15-17-8-7-12-23-14-17/h5-10,12,14H,3-4,11,13,15-16H2,1-2H3. The number of pyridine rings is 1. The lowest BCUT2D eigenvalue weighted by Crippen LogP contribution is -2.37. The predicted octanol–water partition coefficient (Wildman–Crippen LogP) is 2.20. The van der Waals surface area contributed by atoms with E-state index in [0.29, 0.717) is 25.2 Å². The number of fused-ring (bicyclic) bond motifs is 1. The summed E-state index contributed by atoms with van der Waals surface area (Å²) in [6.45, 7) is 4.85. The Labute approximate surface area is 174 Å². The first kappa shape index (κ1) is 21.3. The number of amides is 1. The second kappa shape index (κ2) is 9.87. The van der Waals surface area contributed by atoms with Gasteiger partial charge in [-0.05, 0) is 37.6 Å². The maximum atomic E-state index is 13.2. The second-order valence-corrected chi connectivity index (χ2v) is 6.83. The molecule has 1 amide bonds. The van der Waals surface area contributed by atoms with Gasteiger partial charge in [0, 0.05) is 32.0 Å². The number of ether oxygens (including phenoxy) is 1. The van der Waals surface area contributed by atoms with Gasteiger partial charge in [0.1, 0.15) is 6.54 Å². The molecular formula is C22H26N4O4. The van der Waals surface area contributed by atoms with Crippen molar-refractivity contribution >= 4 is 22.9 Å². The molecule has 0 fully saturated rings. The van der Waals surface area contributed by atoms with Gasteiger partial charge in [-0.25, -0.2) is 4.79 Å². The minimum absolute atomic E-state index is 0.0888. The van der Waals surface area contributed by atoms with Crippen LogP contribution in [0.25, 0.3) is 11.0 Å². The average molecular weight is 410 g/mol. The van der Waals surface area contributed by atoms with E-state index in [1.54, 1.807) is 34.9 Å². The van der Waals surface area contributed by atoms with Gasteiger partial charge < -0.3 is 9.64 Å². The van der Waals surface area contributed by atoms with Gasteiger partial charge in [-0.2, -0.15) is 0 Å². The number of para-hydroxylation sites is 2. The Morgan fingerprint density at radius 2 is 1.80 bits per heavy atom. The molecule has 0 unspecified atom stereocenters. The number of rotatable bonds is 9. The van der Waals surface area contributed by atoms with Crippen molar-refractivity contribution in [2.45, 2.75) is 39.9 Å². The lowest BCUT2D eigenvalue weighted by molar-refractivity contribution is -0.144. The van der Waals surface area contributed by atoms with Crippen molar-refractivity contribution in [3.8, 4) is 0 Å². The van der Waals surface area contributed by atoms with Gasteiger partial charge in [0.2, 0.25) is 5.91 Å². The molecule has 0 saturated heterocycles. The molecule has 0 radical (unpaired) electrons. The van der Waals surface area contributed by atoms with Gasteiger partial charge in [0.25, 0.3) is 0 Å². The van der Waals surface area contributed by atoms with Crippen molar-refractivity contribution < 1.29 is 14.3 Å². The van der Waals surface area contributed by atoms with E-state index in [-0.39, 0.29) is 37.1 Å². The van der Waals surface area contributed by atoms with Crippen molar-refractivity contribution in [1.82, 2.24) is 19.0 Å². The monoisotopic (exact) mass is 410 g/mol. The number of carbonyl (C=O) groups excluding carboxylic acids is 2. The summed E-state index contributed by atoms with van der Waals surface area (Å²) >= 11 is 0. The number of hydrogen-bond donors (Lipinski definition) is 0. The van der Waals surface area contributed by atoms with Crippen molar-refractivity contribution in [3.05, 3.63) is 64.8 Å². The van der Waals surface area contributed by atoms with E-state index in [9.17, 15) is 14.4 Å². The topological polar surface area (TPSA) is 86.4 Å². The zero-order valence-corrected chi connectivity index (χ0v) is 17.3. The summed E-state index contributed by atoms with van der Waals surface area (Å²) in [4.78, 5) is 43.5. The Morgan fingerprint density at radius 1 is 1.07 bits per heavy atom. The fraction of sp³-hybridized carbons (Fsp3) is 0.364. The van der Waals surface area contributed by atoms with E-state index in [2.05, 4.69) is 4.98 Å². The lowest BCUT2D eigenvalue weighted by atomic mass is 10.2. The zero-order valence-electron chi connectivity index (χ0n) is 17.3. The molecule has 3 rings (SSSR count). The lowest BCUT2D eigenvalue weighted by Gasteiger charge is -2.22. The van der Waals surface area contributed by atoms with Gasteiger partial charge >= 0.3 is 11.7 Å². The largest absolute Gasteiger partial charge is 0.466 e. The molecule has 8 heteroatoms. The number of aryl methyl sites for hydroxylation is 1. The van der Waals surface area contributed by atoms with Crippen molar-refractivity contribution in [1.29, 1.82) is 0 Å². The summed E-state index contributed by atoms with van der Waals surface area (Å²) in [5, 5.41) is 0. The quantitative estimate of drug-likeness (QED) is 0.505. The van der Waals surface area contributed by atoms with E-state index in [1.165, 1.54) is 4.57 Å². The van der Waals surface area contributed by atoms with Crippen LogP contribution in [0.3, 0.4) is 0 Å². The molecule has 1 aromatic carbocycles. The molecule has 2 heterocycles. The molecule has 3 aromatic rings. The Kier molecular flexibility index (Phi) is 7.00. The van der Waals surface area contributed by atoms with Crippen LogP contribution in [0.1, 0.15) is 25.8 Å². The number of nitrogens with zero attached hydrogens (tertiary/aromatic N) is 4. The summed E-state index contributed by atoms with van der Waals surface area (Å²) in [6, 6.07) is 11.1. The second-order valence-electron chi connectivity index (χ2n) is 6.83. The summed E-state index contributed by atoms with van der Waals surface area (Å²) in [5.74, 6) is -0.606. The molecule has 2 aromatic heterocycles. The van der Waals surface area contributed by atoms with Crippen molar-refractivity contribution in [2.24, 2.45) is 0 Å². The molecule has 0 aliphatic heterocycles. The molecule has 0 aliphatic rings. The first-order valence-corrected chi connectivity index (χ1v) is 10.1. The summed E-state index contributed by atoms with van der Waals surface area (Å²) in [5.41, 5.74) is 2.13. The minimum Gasteiger partial charge on any atom is -0.466 e. The minimum atomic E-state index is -0.360. The third-order valence-electron chi connectivity index (χ3n) is 4.87. The first-order valence-electron chi connectivity index (χ1n) is 10.1. The fourth-order valence-corrected chi connectivity index (χ4v) is 3.43. The Morgan fingerprint density at radius 3 is 2.43 bits per heavy atom. The highest BCUT2D eigenvalue weighted by atomic mass is 16.5. The molecule has 0 aliphatic carbocycles. The third-order valence-corrected chi connectivity index (χ3v) is 4.87. The number of hydrogen-bond acceptors (Lipinski definition) is 5. The molecule has 0 bridgehead atoms. The summed E-state index contributed by atoms with van der Waals surface area (Å²) in [6.07, 6.45) is 3.43. The predicted molar refractivity (Wildman–Crippen MR) is 113 cm³/mol. The molecule has 0 saturated carbocycles. The van der Waals surface area contributed by atoms with Gasteiger partial charge in [-0.3, -0.25) is 23.7 Å². The highest BCUT2D eigenvalue weighted by molar-refractivity contribution is 5.81. The van der Waals surface area contributed by atoms with E-state index in [0.717, 1.165) is 11.1 Å². The third kappa shape index (κ3) is 4.76. The van der Waals surface area contributed by atoms with Crippen molar-refractivity contribution in [2.75, 3.05) is 13.2 Å². The van der Waals surface area contributed by atoms with Crippen LogP contribution >= 0.6 is 0 Å². The maximum Gasteiger partial charge on any atom is 0.329 e. The Balaban J connectivity index is 1.85. The molecule has 0 atom stereocenters. The Bertz CT molecular complexity index is 1070. The first-order chi connectivity index (χ1) is 14.5. The van der Waals surface area contributed by atoms with E-state index in [4.69, 9.17) is 4.74 Å². The number of benzene rings is 1. The van der Waals surface area contributed by atoms with Crippen LogP contribution in [0.2, 0.25) is 0 Å². The van der Waals surface area contributed by atoms with E-state index < -0.39 is 0 Å². The SMILES string of the molecule is CCOC(=O)CCN(Cc1cccnc1)C(=O)Cn1c(=O)n(CC)c2ccccc21. The van der Waals surface area contributed by atoms with Crippen LogP contribution in [0, 0.1) is 0 Å². The number of carbonyl (C=O) groups is 2. The smallest absolute Gasteiger partial charge is 0.329 e. The van der Waals surface area contributed by atoms with E-state index in [1.807, 2.05) is 37.3 Å². The van der Waals surface area contributed by atoms with Gasteiger partial charge in [0.05, 0.1) is 24.1 Å². The van der Waals surface area contributed by atoms with Crippen LogP contribution in [0.5, 0.6) is 0 Å². The van der Waals surface area contributed by atoms with Gasteiger partial charge in [0.15, 0.2) is 0 Å². The normalized spacial score (nSPS) is 10.9. The molecule has 158 valence electrons. The van der Waals surface area contributed by atoms with Crippen LogP contribution in [0.15, 0.2) is 53.6 Å².